The molecule has 1 aliphatic carbocycles. The summed E-state index contributed by atoms with van der Waals surface area (Å²) in [5.74, 6) is 0.268. The molecule has 0 amide bonds. The topological polar surface area (TPSA) is 30.0 Å². The van der Waals surface area contributed by atoms with Gasteiger partial charge in [-0.1, -0.05) is 18.2 Å². The first-order chi connectivity index (χ1) is 7.72. The average molecular weight is 211 g/mol. The van der Waals surface area contributed by atoms with Gasteiger partial charge in [0.15, 0.2) is 0 Å². The van der Waals surface area contributed by atoms with Crippen LogP contribution in [0, 0.1) is 0 Å². The summed E-state index contributed by atoms with van der Waals surface area (Å²) in [7, 11) is 0. The van der Waals surface area contributed by atoms with Gasteiger partial charge in [0.05, 0.1) is 10.9 Å². The van der Waals surface area contributed by atoms with Crippen LogP contribution in [-0.4, -0.2) is 10.8 Å². The number of pyridine rings is 1. The van der Waals surface area contributed by atoms with Gasteiger partial charge in [-0.25, -0.2) is 0 Å². The van der Waals surface area contributed by atoms with Crippen molar-refractivity contribution in [3.8, 4) is 0 Å². The summed E-state index contributed by atoms with van der Waals surface area (Å²) < 4.78 is 0. The van der Waals surface area contributed by atoms with Crippen LogP contribution in [0.5, 0.6) is 0 Å². The first-order valence-electron chi connectivity index (χ1n) is 5.59. The molecule has 0 N–H and O–H groups in total. The molecule has 0 spiro atoms. The highest BCUT2D eigenvalue weighted by Crippen LogP contribution is 2.49. The molecule has 1 heterocycles. The summed E-state index contributed by atoms with van der Waals surface area (Å²) in [6.45, 7) is 1.68. The van der Waals surface area contributed by atoms with Crippen molar-refractivity contribution in [3.63, 3.8) is 0 Å². The molecule has 1 fully saturated rings. The summed E-state index contributed by atoms with van der Waals surface area (Å²) in [4.78, 5) is 16.1. The van der Waals surface area contributed by atoms with Crippen LogP contribution in [0.25, 0.3) is 10.9 Å². The van der Waals surface area contributed by atoms with Crippen LogP contribution < -0.4 is 0 Å². The quantitative estimate of drug-likeness (QED) is 0.764. The smallest absolute Gasteiger partial charge is 0.140 e. The molecule has 0 saturated heterocycles. The van der Waals surface area contributed by atoms with Gasteiger partial charge in [-0.2, -0.15) is 0 Å². The molecule has 1 aliphatic rings. The van der Waals surface area contributed by atoms with E-state index in [9.17, 15) is 4.79 Å². The Balaban J connectivity index is 2.16. The lowest BCUT2D eigenvalue weighted by molar-refractivity contribution is -0.119. The van der Waals surface area contributed by atoms with Crippen molar-refractivity contribution in [3.05, 3.63) is 42.1 Å². The third-order valence-corrected chi connectivity index (χ3v) is 3.57. The molecular formula is C14H13NO. The van der Waals surface area contributed by atoms with Crippen LogP contribution in [-0.2, 0) is 10.2 Å². The minimum Gasteiger partial charge on any atom is -0.299 e. The number of aromatic nitrogens is 1. The molecule has 1 saturated carbocycles. The molecular weight excluding hydrogens is 198 g/mol. The van der Waals surface area contributed by atoms with Crippen LogP contribution >= 0.6 is 0 Å². The van der Waals surface area contributed by atoms with Crippen molar-refractivity contribution in [1.82, 2.24) is 4.98 Å². The highest BCUT2D eigenvalue weighted by Gasteiger charge is 2.48. The molecule has 0 bridgehead atoms. The minimum atomic E-state index is -0.211. The second kappa shape index (κ2) is 3.14. The van der Waals surface area contributed by atoms with Crippen LogP contribution in [0.3, 0.4) is 0 Å². The number of rotatable bonds is 2. The van der Waals surface area contributed by atoms with E-state index in [2.05, 4.69) is 11.1 Å². The maximum absolute atomic E-state index is 11.6. The van der Waals surface area contributed by atoms with E-state index in [1.807, 2.05) is 30.5 Å². The van der Waals surface area contributed by atoms with Gasteiger partial charge in [-0.05, 0) is 37.5 Å². The number of carbonyl (C=O) groups is 1. The number of fused-ring (bicyclic) bond motifs is 1. The molecule has 0 unspecified atom stereocenters. The number of para-hydroxylation sites is 1. The van der Waals surface area contributed by atoms with E-state index in [4.69, 9.17) is 0 Å². The first-order valence-corrected chi connectivity index (χ1v) is 5.59. The number of benzene rings is 1. The zero-order valence-corrected chi connectivity index (χ0v) is 9.23. The van der Waals surface area contributed by atoms with Gasteiger partial charge in [0.25, 0.3) is 0 Å². The Labute approximate surface area is 94.3 Å². The first kappa shape index (κ1) is 9.52. The molecule has 80 valence electrons. The molecule has 3 rings (SSSR count). The van der Waals surface area contributed by atoms with Gasteiger partial charge in [-0.15, -0.1) is 0 Å². The Bertz CT molecular complexity index is 570. The van der Waals surface area contributed by atoms with Crippen LogP contribution in [0.1, 0.15) is 25.3 Å². The standard InChI is InChI=1S/C14H13NO/c1-10(16)14(6-7-14)12-8-11-4-2-3-5-13(11)15-9-12/h2-5,8-9H,6-7H2,1H3. The van der Waals surface area contributed by atoms with E-state index >= 15 is 0 Å². The van der Waals surface area contributed by atoms with E-state index in [1.54, 1.807) is 6.92 Å². The molecule has 16 heavy (non-hydrogen) atoms. The van der Waals surface area contributed by atoms with Gasteiger partial charge >= 0.3 is 0 Å². The Hall–Kier alpha value is -1.70. The zero-order valence-electron chi connectivity index (χ0n) is 9.23. The summed E-state index contributed by atoms with van der Waals surface area (Å²) in [6.07, 6.45) is 3.81. The highest BCUT2D eigenvalue weighted by atomic mass is 16.1. The Morgan fingerprint density at radius 2 is 2.06 bits per heavy atom. The number of hydrogen-bond donors (Lipinski definition) is 0. The van der Waals surface area contributed by atoms with Crippen molar-refractivity contribution in [2.75, 3.05) is 0 Å². The molecule has 2 heteroatoms. The van der Waals surface area contributed by atoms with Crippen LogP contribution in [0.4, 0.5) is 0 Å². The predicted molar refractivity (Wildman–Crippen MR) is 63.3 cm³/mol. The number of ketones is 1. The van der Waals surface area contributed by atoms with Crippen molar-refractivity contribution < 1.29 is 4.79 Å². The predicted octanol–water partition coefficient (Wildman–Crippen LogP) is 2.86. The molecule has 1 aromatic carbocycles. The molecule has 1 aromatic heterocycles. The SMILES string of the molecule is CC(=O)C1(c2cnc3ccccc3c2)CC1. The maximum atomic E-state index is 11.6. The Kier molecular flexibility index (Phi) is 1.87. The fourth-order valence-corrected chi connectivity index (χ4v) is 2.30. The Morgan fingerprint density at radius 3 is 2.75 bits per heavy atom. The molecule has 2 aromatic rings. The largest absolute Gasteiger partial charge is 0.299 e. The van der Waals surface area contributed by atoms with Gasteiger partial charge in [0, 0.05) is 11.6 Å². The lowest BCUT2D eigenvalue weighted by atomic mass is 9.92. The normalized spacial score (nSPS) is 17.3. The maximum Gasteiger partial charge on any atom is 0.140 e. The number of Topliss-reactive ketones (excluding diaryl/α,β-unsaturated/α-hetero) is 1. The second-order valence-electron chi connectivity index (χ2n) is 4.55. The van der Waals surface area contributed by atoms with E-state index in [0.29, 0.717) is 0 Å². The second-order valence-corrected chi connectivity index (χ2v) is 4.55. The van der Waals surface area contributed by atoms with Gasteiger partial charge in [-0.3, -0.25) is 9.78 Å². The van der Waals surface area contributed by atoms with Crippen LogP contribution in [0.15, 0.2) is 36.5 Å². The lowest BCUT2D eigenvalue weighted by Crippen LogP contribution is -2.16. The monoisotopic (exact) mass is 211 g/mol. The van der Waals surface area contributed by atoms with Crippen molar-refractivity contribution in [1.29, 1.82) is 0 Å². The van der Waals surface area contributed by atoms with Crippen LogP contribution in [0.2, 0.25) is 0 Å². The summed E-state index contributed by atoms with van der Waals surface area (Å²) in [6, 6.07) is 10.1. The molecule has 0 aliphatic heterocycles. The molecule has 0 atom stereocenters. The number of nitrogens with zero attached hydrogens (tertiary/aromatic N) is 1. The van der Waals surface area contributed by atoms with Crippen molar-refractivity contribution >= 4 is 16.7 Å². The van der Waals surface area contributed by atoms with E-state index in [-0.39, 0.29) is 11.2 Å². The number of hydrogen-bond acceptors (Lipinski definition) is 2. The summed E-state index contributed by atoms with van der Waals surface area (Å²) >= 11 is 0. The summed E-state index contributed by atoms with van der Waals surface area (Å²) in [5.41, 5.74) is 1.86. The van der Waals surface area contributed by atoms with E-state index in [0.717, 1.165) is 29.3 Å². The van der Waals surface area contributed by atoms with Gasteiger partial charge < -0.3 is 0 Å². The van der Waals surface area contributed by atoms with E-state index in [1.165, 1.54) is 0 Å². The zero-order chi connectivity index (χ0) is 11.2. The fourth-order valence-electron chi connectivity index (χ4n) is 2.30. The van der Waals surface area contributed by atoms with Crippen molar-refractivity contribution in [2.45, 2.75) is 25.2 Å². The fraction of sp³-hybridized carbons (Fsp3) is 0.286. The molecule has 2 nitrogen and oxygen atoms in total. The minimum absolute atomic E-state index is 0.211. The third kappa shape index (κ3) is 1.26. The molecule has 0 radical (unpaired) electrons. The average Bonchev–Trinajstić information content (AvgIpc) is 3.09. The lowest BCUT2D eigenvalue weighted by Gasteiger charge is -2.11. The van der Waals surface area contributed by atoms with Gasteiger partial charge in [0.2, 0.25) is 0 Å². The summed E-state index contributed by atoms with van der Waals surface area (Å²) in [5, 5.41) is 1.12. The Morgan fingerprint density at radius 1 is 1.31 bits per heavy atom. The highest BCUT2D eigenvalue weighted by molar-refractivity contribution is 5.92. The van der Waals surface area contributed by atoms with Crippen molar-refractivity contribution in [2.24, 2.45) is 0 Å². The van der Waals surface area contributed by atoms with E-state index < -0.39 is 0 Å². The number of carbonyl (C=O) groups excluding carboxylic acids is 1. The third-order valence-electron chi connectivity index (χ3n) is 3.57. The van der Waals surface area contributed by atoms with Gasteiger partial charge in [0.1, 0.15) is 5.78 Å².